The average molecular weight is 373 g/mol. The minimum absolute atomic E-state index is 0.123. The van der Waals surface area contributed by atoms with E-state index in [1.54, 1.807) is 49.3 Å². The highest BCUT2D eigenvalue weighted by molar-refractivity contribution is 6.09. The Hall–Kier alpha value is -3.39. The summed E-state index contributed by atoms with van der Waals surface area (Å²) in [5, 5.41) is 9.31. The second-order valence-corrected chi connectivity index (χ2v) is 7.00. The average Bonchev–Trinajstić information content (AvgIpc) is 2.74. The number of hydrogen-bond acceptors (Lipinski definition) is 3. The summed E-state index contributed by atoms with van der Waals surface area (Å²) in [4.78, 5) is 29.6. The van der Waals surface area contributed by atoms with Crippen LogP contribution in [0.25, 0.3) is 6.08 Å². The van der Waals surface area contributed by atoms with Crippen LogP contribution in [0.4, 0.5) is 0 Å². The van der Waals surface area contributed by atoms with Gasteiger partial charge in [-0.05, 0) is 29.7 Å². The Morgan fingerprint density at radius 1 is 1.04 bits per heavy atom. The molecule has 2 amide bonds. The highest BCUT2D eigenvalue weighted by Gasteiger charge is 2.50. The van der Waals surface area contributed by atoms with Gasteiger partial charge < -0.3 is 9.80 Å². The second-order valence-electron chi connectivity index (χ2n) is 7.00. The van der Waals surface area contributed by atoms with Crippen LogP contribution in [-0.4, -0.2) is 41.2 Å². The molecule has 0 N–H and O–H groups in total. The molecule has 28 heavy (non-hydrogen) atoms. The third-order valence-corrected chi connectivity index (χ3v) is 5.53. The summed E-state index contributed by atoms with van der Waals surface area (Å²) in [5.41, 5.74) is 1.43. The lowest BCUT2D eigenvalue weighted by atomic mass is 9.82. The van der Waals surface area contributed by atoms with Crippen molar-refractivity contribution in [2.45, 2.75) is 25.3 Å². The number of hydrogen-bond donors (Lipinski definition) is 0. The molecule has 3 rings (SSSR count). The van der Waals surface area contributed by atoms with E-state index in [2.05, 4.69) is 6.07 Å². The molecule has 0 saturated carbocycles. The summed E-state index contributed by atoms with van der Waals surface area (Å²) >= 11 is 0. The normalized spacial score (nSPS) is 21.1. The number of carbonyl (C=O) groups is 2. The standard InChI is InChI=1S/C23H23N3O2/c1-4-23(15-17-10-6-5-7-11-17)22(28)25(2)20(21(27)26(23)3)14-18-12-8-9-13-19(18)16-24/h5-14H,4,15H2,1-3H3/b20-14-. The van der Waals surface area contributed by atoms with E-state index >= 15 is 0 Å². The van der Waals surface area contributed by atoms with Gasteiger partial charge in [-0.15, -0.1) is 0 Å². The van der Waals surface area contributed by atoms with Crippen LogP contribution in [0.1, 0.15) is 30.0 Å². The van der Waals surface area contributed by atoms with Crippen molar-refractivity contribution in [1.29, 1.82) is 5.26 Å². The zero-order chi connectivity index (χ0) is 20.3. The van der Waals surface area contributed by atoms with Crippen LogP contribution < -0.4 is 0 Å². The zero-order valence-corrected chi connectivity index (χ0v) is 16.3. The van der Waals surface area contributed by atoms with Crippen LogP contribution in [0.5, 0.6) is 0 Å². The van der Waals surface area contributed by atoms with Gasteiger partial charge in [-0.1, -0.05) is 55.5 Å². The Morgan fingerprint density at radius 2 is 1.68 bits per heavy atom. The number of amides is 2. The van der Waals surface area contributed by atoms with Crippen LogP contribution in [0, 0.1) is 11.3 Å². The molecule has 0 spiro atoms. The molecule has 1 heterocycles. The summed E-state index contributed by atoms with van der Waals surface area (Å²) < 4.78 is 0. The molecule has 0 aliphatic carbocycles. The van der Waals surface area contributed by atoms with Gasteiger partial charge >= 0.3 is 0 Å². The minimum Gasteiger partial charge on any atom is -0.325 e. The van der Waals surface area contributed by atoms with Gasteiger partial charge in [-0.3, -0.25) is 9.59 Å². The molecule has 1 unspecified atom stereocenters. The lowest BCUT2D eigenvalue weighted by Crippen LogP contribution is -2.65. The minimum atomic E-state index is -0.931. The molecule has 1 aliphatic heterocycles. The predicted molar refractivity (Wildman–Crippen MR) is 108 cm³/mol. The highest BCUT2D eigenvalue weighted by Crippen LogP contribution is 2.34. The monoisotopic (exact) mass is 373 g/mol. The fourth-order valence-corrected chi connectivity index (χ4v) is 3.75. The van der Waals surface area contributed by atoms with Crippen LogP contribution in [-0.2, 0) is 16.0 Å². The lowest BCUT2D eigenvalue weighted by Gasteiger charge is -2.47. The third-order valence-electron chi connectivity index (χ3n) is 5.53. The molecule has 0 radical (unpaired) electrons. The quantitative estimate of drug-likeness (QED) is 0.773. The van der Waals surface area contributed by atoms with E-state index in [-0.39, 0.29) is 17.5 Å². The zero-order valence-electron chi connectivity index (χ0n) is 16.3. The first-order chi connectivity index (χ1) is 13.4. The molecule has 1 atom stereocenters. The molecule has 5 heteroatoms. The first-order valence-corrected chi connectivity index (χ1v) is 9.25. The van der Waals surface area contributed by atoms with Crippen molar-refractivity contribution in [2.24, 2.45) is 0 Å². The molecule has 1 aliphatic rings. The number of nitriles is 1. The SMILES string of the molecule is CCC1(Cc2ccccc2)C(=O)N(C)/C(=C\c2ccccc2C#N)C(=O)N1C. The molecule has 142 valence electrons. The highest BCUT2D eigenvalue weighted by atomic mass is 16.2. The van der Waals surface area contributed by atoms with Crippen molar-refractivity contribution < 1.29 is 9.59 Å². The molecule has 2 aromatic carbocycles. The number of rotatable bonds is 4. The maximum atomic E-state index is 13.4. The summed E-state index contributed by atoms with van der Waals surface area (Å²) in [6.07, 6.45) is 2.59. The number of nitrogens with zero attached hydrogens (tertiary/aromatic N) is 3. The molecule has 0 aromatic heterocycles. The summed E-state index contributed by atoms with van der Waals surface area (Å²) in [7, 11) is 3.31. The van der Waals surface area contributed by atoms with Gasteiger partial charge in [-0.2, -0.15) is 5.26 Å². The molecular formula is C23H23N3O2. The Morgan fingerprint density at radius 3 is 2.32 bits per heavy atom. The summed E-state index contributed by atoms with van der Waals surface area (Å²) in [5.74, 6) is -0.353. The van der Waals surface area contributed by atoms with Gasteiger partial charge in [0.05, 0.1) is 11.6 Å². The lowest BCUT2D eigenvalue weighted by molar-refractivity contribution is -0.157. The first kappa shape index (κ1) is 19.4. The van der Waals surface area contributed by atoms with E-state index in [4.69, 9.17) is 0 Å². The number of piperazine rings is 1. The molecule has 1 saturated heterocycles. The van der Waals surface area contributed by atoms with Gasteiger partial charge in [-0.25, -0.2) is 0 Å². The van der Waals surface area contributed by atoms with Crippen LogP contribution in [0.3, 0.4) is 0 Å². The van der Waals surface area contributed by atoms with E-state index in [9.17, 15) is 14.9 Å². The van der Waals surface area contributed by atoms with E-state index in [1.165, 1.54) is 4.90 Å². The Bertz CT molecular complexity index is 975. The first-order valence-electron chi connectivity index (χ1n) is 9.25. The van der Waals surface area contributed by atoms with Crippen molar-refractivity contribution in [1.82, 2.24) is 9.80 Å². The van der Waals surface area contributed by atoms with Crippen molar-refractivity contribution in [3.63, 3.8) is 0 Å². The van der Waals surface area contributed by atoms with Crippen molar-refractivity contribution >= 4 is 17.9 Å². The molecule has 2 aromatic rings. The van der Waals surface area contributed by atoms with Crippen LogP contribution >= 0.6 is 0 Å². The van der Waals surface area contributed by atoms with Crippen molar-refractivity contribution in [2.75, 3.05) is 14.1 Å². The van der Waals surface area contributed by atoms with E-state index in [0.29, 0.717) is 24.0 Å². The van der Waals surface area contributed by atoms with E-state index in [1.807, 2.05) is 37.3 Å². The van der Waals surface area contributed by atoms with Gasteiger partial charge in [0.15, 0.2) is 0 Å². The van der Waals surface area contributed by atoms with Crippen molar-refractivity contribution in [3.05, 3.63) is 77.0 Å². The molecule has 1 fully saturated rings. The summed E-state index contributed by atoms with van der Waals surface area (Å²) in [6, 6.07) is 18.9. The van der Waals surface area contributed by atoms with Crippen molar-refractivity contribution in [3.8, 4) is 6.07 Å². The van der Waals surface area contributed by atoms with Crippen LogP contribution in [0.2, 0.25) is 0 Å². The van der Waals surface area contributed by atoms with E-state index < -0.39 is 5.54 Å². The number of likely N-dealkylation sites (N-methyl/N-ethyl adjacent to an activating group) is 2. The molecule has 0 bridgehead atoms. The second kappa shape index (κ2) is 7.69. The van der Waals surface area contributed by atoms with Gasteiger partial charge in [0.2, 0.25) is 0 Å². The maximum absolute atomic E-state index is 13.4. The number of benzene rings is 2. The number of carbonyl (C=O) groups excluding carboxylic acids is 2. The molecule has 5 nitrogen and oxygen atoms in total. The summed E-state index contributed by atoms with van der Waals surface area (Å²) in [6.45, 7) is 1.93. The maximum Gasteiger partial charge on any atom is 0.271 e. The van der Waals surface area contributed by atoms with Gasteiger partial charge in [0.1, 0.15) is 11.2 Å². The fraction of sp³-hybridized carbons (Fsp3) is 0.261. The fourth-order valence-electron chi connectivity index (χ4n) is 3.75. The van der Waals surface area contributed by atoms with Gasteiger partial charge in [0, 0.05) is 20.5 Å². The Labute approximate surface area is 165 Å². The van der Waals surface area contributed by atoms with Gasteiger partial charge in [0.25, 0.3) is 11.8 Å². The van der Waals surface area contributed by atoms with Crippen LogP contribution in [0.15, 0.2) is 60.3 Å². The third kappa shape index (κ3) is 3.18. The Kier molecular flexibility index (Phi) is 5.32. The smallest absolute Gasteiger partial charge is 0.271 e. The Balaban J connectivity index is 2.04. The largest absolute Gasteiger partial charge is 0.325 e. The van der Waals surface area contributed by atoms with E-state index in [0.717, 1.165) is 5.56 Å². The topological polar surface area (TPSA) is 64.4 Å². The predicted octanol–water partition coefficient (Wildman–Crippen LogP) is 3.22. The molecular weight excluding hydrogens is 350 g/mol.